The van der Waals surface area contributed by atoms with E-state index in [9.17, 15) is 4.79 Å². The average Bonchev–Trinajstić information content (AvgIpc) is 1.90. The van der Waals surface area contributed by atoms with Crippen molar-refractivity contribution < 1.29 is 42.7 Å². The number of hydroxylamine groups is 1. The fourth-order valence-corrected chi connectivity index (χ4v) is 0.216. The molecule has 0 atom stereocenters. The first-order valence-corrected chi connectivity index (χ1v) is 2.88. The van der Waals surface area contributed by atoms with Gasteiger partial charge in [0.1, 0.15) is 0 Å². The largest absolute Gasteiger partial charge is 0.507 e. The van der Waals surface area contributed by atoms with Gasteiger partial charge in [-0.1, -0.05) is 0 Å². The number of hydrogen-bond donors (Lipinski definition) is 2. The molecule has 0 aromatic rings. The van der Waals surface area contributed by atoms with Gasteiger partial charge in [-0.2, -0.15) is 13.3 Å². The Morgan fingerprint density at radius 3 is 2.27 bits per heavy atom. The van der Waals surface area contributed by atoms with Gasteiger partial charge in [0.25, 0.3) is 0 Å². The van der Waals surface area contributed by atoms with Crippen molar-refractivity contribution >= 4 is 5.91 Å². The molecule has 0 saturated carbocycles. The first-order chi connectivity index (χ1) is 4.72. The molecule has 3 nitrogen and oxygen atoms in total. The molecule has 1 radical (unpaired) electrons. The van der Waals surface area contributed by atoms with E-state index in [1.54, 1.807) is 6.92 Å². The Balaban J connectivity index is -0.000000140. The summed E-state index contributed by atoms with van der Waals surface area (Å²) in [5.41, 5.74) is 1.49. The molecule has 0 saturated heterocycles. The number of carbonyl (C=O) groups excluding carboxylic acids is 1. The molecule has 0 heterocycles. The monoisotopic (exact) mass is 232 g/mol. The van der Waals surface area contributed by atoms with Gasteiger partial charge >= 0.3 is 0 Å². The van der Waals surface area contributed by atoms with E-state index in [0.29, 0.717) is 6.42 Å². The number of amides is 1. The molecule has 11 heavy (non-hydrogen) atoms. The Morgan fingerprint density at radius 1 is 1.82 bits per heavy atom. The fourth-order valence-electron chi connectivity index (χ4n) is 0.216. The second-order valence-corrected chi connectivity index (χ2v) is 1.49. The van der Waals surface area contributed by atoms with Crippen molar-refractivity contribution in [2.24, 2.45) is 0 Å². The molecule has 0 rings (SSSR count). The van der Waals surface area contributed by atoms with Crippen LogP contribution in [0.15, 0.2) is 6.58 Å². The molecule has 4 heteroatoms. The van der Waals surface area contributed by atoms with E-state index >= 15 is 0 Å². The van der Waals surface area contributed by atoms with Crippen LogP contribution >= 0.6 is 0 Å². The van der Waals surface area contributed by atoms with E-state index in [-0.39, 0.29) is 45.0 Å². The minimum atomic E-state index is -0.380. The van der Waals surface area contributed by atoms with Crippen molar-refractivity contribution in [2.75, 3.05) is 0 Å². The molecule has 0 aliphatic rings. The Hall–Kier alpha value is 0.274. The molecule has 0 aliphatic carbocycles. The third-order valence-electron chi connectivity index (χ3n) is 0.529. The maximum absolute atomic E-state index is 10.0. The van der Waals surface area contributed by atoms with Crippen LogP contribution in [0.5, 0.6) is 0 Å². The number of hydrogen-bond acceptors (Lipinski definition) is 2. The zero-order valence-electron chi connectivity index (χ0n) is 6.76. The average molecular weight is 232 g/mol. The summed E-state index contributed by atoms with van der Waals surface area (Å²) in [4.78, 5) is 10.0. The SMILES string of the molecule is C=[C-]C.[CH2-]CCC(=O)NO.[Y]. The van der Waals surface area contributed by atoms with Gasteiger partial charge in [-0.25, -0.2) is 5.48 Å². The normalized spacial score (nSPS) is 6.45. The smallest absolute Gasteiger partial charge is 0.240 e. The summed E-state index contributed by atoms with van der Waals surface area (Å²) >= 11 is 0. The molecule has 0 aromatic heterocycles. The summed E-state index contributed by atoms with van der Waals surface area (Å²) in [5.74, 6) is -0.380. The topological polar surface area (TPSA) is 49.3 Å². The zero-order chi connectivity index (χ0) is 8.41. The van der Waals surface area contributed by atoms with Gasteiger partial charge in [0.2, 0.25) is 5.91 Å². The predicted octanol–water partition coefficient (Wildman–Crippen LogP) is 1.10. The second-order valence-electron chi connectivity index (χ2n) is 1.49. The van der Waals surface area contributed by atoms with Crippen LogP contribution in [-0.4, -0.2) is 11.1 Å². The molecule has 0 aliphatic heterocycles. The van der Waals surface area contributed by atoms with Crippen molar-refractivity contribution in [2.45, 2.75) is 19.8 Å². The molecule has 0 aromatic carbocycles. The Kier molecular flexibility index (Phi) is 26.4. The van der Waals surface area contributed by atoms with Crippen molar-refractivity contribution in [1.82, 2.24) is 5.48 Å². The summed E-state index contributed by atoms with van der Waals surface area (Å²) in [6, 6.07) is 0. The van der Waals surface area contributed by atoms with E-state index in [2.05, 4.69) is 19.6 Å². The summed E-state index contributed by atoms with van der Waals surface area (Å²) in [6.45, 7) is 8.40. The van der Waals surface area contributed by atoms with Crippen LogP contribution in [0, 0.1) is 13.0 Å². The second kappa shape index (κ2) is 16.7. The maximum atomic E-state index is 10.0. The first-order valence-electron chi connectivity index (χ1n) is 2.88. The van der Waals surface area contributed by atoms with Crippen LogP contribution in [0.25, 0.3) is 0 Å². The van der Waals surface area contributed by atoms with Crippen LogP contribution in [0.2, 0.25) is 0 Å². The van der Waals surface area contributed by atoms with Crippen molar-refractivity contribution in [3.8, 4) is 0 Å². The minimum Gasteiger partial charge on any atom is -0.507 e. The molecule has 0 unspecified atom stereocenters. The van der Waals surface area contributed by atoms with Crippen molar-refractivity contribution in [1.29, 1.82) is 0 Å². The number of allylic oxidation sites excluding steroid dienone is 1. The fraction of sp³-hybridized carbons (Fsp3) is 0.429. The molecule has 1 amide bonds. The first kappa shape index (κ1) is 17.4. The van der Waals surface area contributed by atoms with Crippen LogP contribution in [0.3, 0.4) is 0 Å². The Bertz CT molecular complexity index is 96.4. The van der Waals surface area contributed by atoms with Gasteiger partial charge < -0.3 is 13.0 Å². The number of nitrogens with one attached hydrogen (secondary N) is 1. The summed E-state index contributed by atoms with van der Waals surface area (Å²) in [5, 5.41) is 7.84. The quantitative estimate of drug-likeness (QED) is 0.425. The van der Waals surface area contributed by atoms with Crippen LogP contribution < -0.4 is 5.48 Å². The molecule has 2 N–H and O–H groups in total. The van der Waals surface area contributed by atoms with E-state index < -0.39 is 0 Å². The van der Waals surface area contributed by atoms with E-state index in [4.69, 9.17) is 5.21 Å². The summed E-state index contributed by atoms with van der Waals surface area (Å²) in [6.07, 6.45) is 3.31. The van der Waals surface area contributed by atoms with Crippen molar-refractivity contribution in [3.05, 3.63) is 19.6 Å². The zero-order valence-corrected chi connectivity index (χ0v) is 9.60. The van der Waals surface area contributed by atoms with E-state index in [0.717, 1.165) is 0 Å². The standard InChI is InChI=1S/C4H8NO2.C3H5.Y/c1-2-3-4(6)5-7;1-3-2;/h7H,1-3H2,(H,5,6);1H2,2H3;/q2*-1;. The van der Waals surface area contributed by atoms with Gasteiger partial charge in [-0.05, 0) is 0 Å². The van der Waals surface area contributed by atoms with Crippen molar-refractivity contribution in [3.63, 3.8) is 0 Å². The number of carbonyl (C=O) groups is 1. The maximum Gasteiger partial charge on any atom is 0.240 e. The van der Waals surface area contributed by atoms with Crippen LogP contribution in [0.1, 0.15) is 19.8 Å². The third-order valence-corrected chi connectivity index (χ3v) is 0.529. The molecular weight excluding hydrogens is 219 g/mol. The van der Waals surface area contributed by atoms with E-state index in [1.165, 1.54) is 5.48 Å². The molecule has 0 bridgehead atoms. The molecular formula is C7H13NO2Y-2. The Labute approximate surface area is 93.1 Å². The minimum absolute atomic E-state index is 0. The number of rotatable bonds is 2. The van der Waals surface area contributed by atoms with E-state index in [1.807, 2.05) is 0 Å². The molecule has 63 valence electrons. The predicted molar refractivity (Wildman–Crippen MR) is 39.1 cm³/mol. The summed E-state index contributed by atoms with van der Waals surface area (Å²) < 4.78 is 0. The summed E-state index contributed by atoms with van der Waals surface area (Å²) in [7, 11) is 0. The van der Waals surface area contributed by atoms with Gasteiger partial charge in [-0.15, -0.1) is 0 Å². The van der Waals surface area contributed by atoms with Gasteiger partial charge in [0.15, 0.2) is 0 Å². The third kappa shape index (κ3) is 25.3. The molecule has 0 fully saturated rings. The van der Waals surface area contributed by atoms with Gasteiger partial charge in [0.05, 0.1) is 0 Å². The molecule has 0 spiro atoms. The van der Waals surface area contributed by atoms with Gasteiger partial charge in [0, 0.05) is 39.1 Å². The van der Waals surface area contributed by atoms with Crippen LogP contribution in [0.4, 0.5) is 0 Å². The Morgan fingerprint density at radius 2 is 2.18 bits per heavy atom. The van der Waals surface area contributed by atoms with Gasteiger partial charge in [-0.3, -0.25) is 16.6 Å². The van der Waals surface area contributed by atoms with Crippen LogP contribution in [-0.2, 0) is 37.5 Å².